The highest BCUT2D eigenvalue weighted by atomic mass is 35.7. The molecule has 0 bridgehead atoms. The molecule has 1 saturated carbocycles. The van der Waals surface area contributed by atoms with Crippen molar-refractivity contribution in [1.82, 2.24) is 4.90 Å². The van der Waals surface area contributed by atoms with Crippen molar-refractivity contribution >= 4 is 37.2 Å². The number of hydrogen-bond donors (Lipinski definition) is 0. The van der Waals surface area contributed by atoms with E-state index in [1.165, 1.54) is 12.1 Å². The fraction of sp³-hybridized carbons (Fsp3) is 0.500. The van der Waals surface area contributed by atoms with Crippen LogP contribution in [0.3, 0.4) is 0 Å². The van der Waals surface area contributed by atoms with Crippen molar-refractivity contribution in [3.05, 3.63) is 28.3 Å². The molecule has 0 N–H and O–H groups in total. The molecule has 1 aliphatic carbocycles. The van der Waals surface area contributed by atoms with Gasteiger partial charge in [-0.1, -0.05) is 11.6 Å². The van der Waals surface area contributed by atoms with Gasteiger partial charge in [0.15, 0.2) is 0 Å². The number of amides is 1. The third kappa shape index (κ3) is 3.90. The Morgan fingerprint density at radius 3 is 2.48 bits per heavy atom. The van der Waals surface area contributed by atoms with Crippen LogP contribution in [0.1, 0.15) is 35.7 Å². The molecule has 0 spiro atoms. The minimum Gasteiger partial charge on any atom is -0.339 e. The third-order valence-corrected chi connectivity index (χ3v) is 5.40. The van der Waals surface area contributed by atoms with Crippen LogP contribution in [0.15, 0.2) is 17.0 Å². The van der Waals surface area contributed by atoms with E-state index in [9.17, 15) is 13.2 Å². The number of hydrogen-bond acceptors (Lipinski definition) is 3. The highest BCUT2D eigenvalue weighted by Crippen LogP contribution is 2.31. The van der Waals surface area contributed by atoms with E-state index in [4.69, 9.17) is 22.3 Å². The van der Waals surface area contributed by atoms with Gasteiger partial charge in [-0.2, -0.15) is 0 Å². The van der Waals surface area contributed by atoms with Gasteiger partial charge in [-0.25, -0.2) is 8.42 Å². The van der Waals surface area contributed by atoms with Crippen LogP contribution in [0.4, 0.5) is 0 Å². The Labute approximate surface area is 134 Å². The lowest BCUT2D eigenvalue weighted by atomic mass is 10.1. The van der Waals surface area contributed by atoms with E-state index in [0.29, 0.717) is 30.1 Å². The Kier molecular flexibility index (Phi) is 4.85. The van der Waals surface area contributed by atoms with Gasteiger partial charge in [0.05, 0.1) is 4.90 Å². The summed E-state index contributed by atoms with van der Waals surface area (Å²) in [4.78, 5) is 14.2. The Balaban J connectivity index is 2.41. The minimum absolute atomic E-state index is 0.148. The van der Waals surface area contributed by atoms with Crippen LogP contribution in [0.25, 0.3) is 0 Å². The highest BCUT2D eigenvalue weighted by molar-refractivity contribution is 8.13. The van der Waals surface area contributed by atoms with Gasteiger partial charge in [-0.15, -0.1) is 0 Å². The molecule has 0 saturated heterocycles. The van der Waals surface area contributed by atoms with Crippen LogP contribution < -0.4 is 0 Å². The average Bonchev–Trinajstić information content (AvgIpc) is 3.21. The van der Waals surface area contributed by atoms with Gasteiger partial charge in [-0.05, 0) is 50.3 Å². The quantitative estimate of drug-likeness (QED) is 0.765. The first-order chi connectivity index (χ1) is 9.74. The largest absolute Gasteiger partial charge is 0.339 e. The maximum Gasteiger partial charge on any atom is 0.261 e. The Bertz CT molecular complexity index is 669. The molecular weight excluding hydrogens is 333 g/mol. The summed E-state index contributed by atoms with van der Waals surface area (Å²) in [5.74, 6) is 0.357. The van der Waals surface area contributed by atoms with Crippen LogP contribution in [0.5, 0.6) is 0 Å². The van der Waals surface area contributed by atoms with Crippen molar-refractivity contribution in [3.8, 4) is 0 Å². The number of rotatable bonds is 5. The van der Waals surface area contributed by atoms with Crippen LogP contribution in [0, 0.1) is 12.8 Å². The number of carbonyl (C=O) groups is 1. The van der Waals surface area contributed by atoms with Crippen LogP contribution in [-0.2, 0) is 9.05 Å². The van der Waals surface area contributed by atoms with Crippen LogP contribution in [-0.4, -0.2) is 32.3 Å². The lowest BCUT2D eigenvalue weighted by molar-refractivity contribution is 0.0756. The zero-order valence-electron chi connectivity index (χ0n) is 11.9. The standard InChI is InChI=1S/C14H17Cl2NO3S/c1-3-17(8-10-4-5-10)14(18)12-6-11(21(16,19)20)7-13(15)9(12)2/h6-7,10H,3-5,8H2,1-2H3. The summed E-state index contributed by atoms with van der Waals surface area (Å²) in [7, 11) is 1.43. The molecule has 1 aliphatic rings. The monoisotopic (exact) mass is 349 g/mol. The molecule has 116 valence electrons. The second-order valence-corrected chi connectivity index (χ2v) is 8.28. The smallest absolute Gasteiger partial charge is 0.261 e. The molecular formula is C14H17Cl2NO3S. The second kappa shape index (κ2) is 6.15. The fourth-order valence-electron chi connectivity index (χ4n) is 2.15. The zero-order valence-corrected chi connectivity index (χ0v) is 14.2. The molecule has 1 aromatic carbocycles. The minimum atomic E-state index is -3.92. The van der Waals surface area contributed by atoms with Crippen LogP contribution >= 0.6 is 22.3 Å². The summed E-state index contributed by atoms with van der Waals surface area (Å²) in [6, 6.07) is 2.58. The summed E-state index contributed by atoms with van der Waals surface area (Å²) in [5.41, 5.74) is 0.865. The molecule has 4 nitrogen and oxygen atoms in total. The average molecular weight is 350 g/mol. The number of nitrogens with zero attached hydrogens (tertiary/aromatic N) is 1. The summed E-state index contributed by atoms with van der Waals surface area (Å²) in [6.45, 7) is 4.87. The van der Waals surface area contributed by atoms with E-state index in [-0.39, 0.29) is 15.8 Å². The molecule has 1 aromatic rings. The Hall–Kier alpha value is -0.780. The highest BCUT2D eigenvalue weighted by Gasteiger charge is 2.28. The summed E-state index contributed by atoms with van der Waals surface area (Å²) in [6.07, 6.45) is 2.28. The van der Waals surface area contributed by atoms with Gasteiger partial charge in [0.1, 0.15) is 0 Å². The van der Waals surface area contributed by atoms with Gasteiger partial charge in [0.25, 0.3) is 15.0 Å². The van der Waals surface area contributed by atoms with Gasteiger partial charge >= 0.3 is 0 Å². The molecule has 0 atom stereocenters. The second-order valence-electron chi connectivity index (χ2n) is 5.30. The van der Waals surface area contributed by atoms with Crippen molar-refractivity contribution in [2.45, 2.75) is 31.6 Å². The van der Waals surface area contributed by atoms with Crippen LogP contribution in [0.2, 0.25) is 5.02 Å². The first-order valence-electron chi connectivity index (χ1n) is 6.78. The SMILES string of the molecule is CCN(CC1CC1)C(=O)c1cc(S(=O)(=O)Cl)cc(Cl)c1C. The molecule has 2 rings (SSSR count). The molecule has 0 heterocycles. The van der Waals surface area contributed by atoms with E-state index in [1.807, 2.05) is 6.92 Å². The molecule has 0 unspecified atom stereocenters. The number of carbonyl (C=O) groups excluding carboxylic acids is 1. The number of halogens is 2. The third-order valence-electron chi connectivity index (χ3n) is 3.67. The Morgan fingerprint density at radius 1 is 1.38 bits per heavy atom. The first-order valence-corrected chi connectivity index (χ1v) is 9.46. The molecule has 21 heavy (non-hydrogen) atoms. The summed E-state index contributed by atoms with van der Waals surface area (Å²) in [5, 5.41) is 0.225. The topological polar surface area (TPSA) is 54.5 Å². The van der Waals surface area contributed by atoms with Gasteiger partial charge in [-0.3, -0.25) is 4.79 Å². The van der Waals surface area contributed by atoms with Crippen molar-refractivity contribution in [2.24, 2.45) is 5.92 Å². The van der Waals surface area contributed by atoms with E-state index in [1.54, 1.807) is 11.8 Å². The maximum absolute atomic E-state index is 12.6. The van der Waals surface area contributed by atoms with E-state index < -0.39 is 9.05 Å². The molecule has 0 aromatic heterocycles. The van der Waals surface area contributed by atoms with Crippen molar-refractivity contribution in [2.75, 3.05) is 13.1 Å². The first kappa shape index (κ1) is 16.6. The van der Waals surface area contributed by atoms with E-state index in [0.717, 1.165) is 12.8 Å². The van der Waals surface area contributed by atoms with Gasteiger partial charge in [0.2, 0.25) is 0 Å². The summed E-state index contributed by atoms with van der Waals surface area (Å²) >= 11 is 6.04. The van der Waals surface area contributed by atoms with Crippen molar-refractivity contribution in [3.63, 3.8) is 0 Å². The lowest BCUT2D eigenvalue weighted by Crippen LogP contribution is -2.33. The van der Waals surface area contributed by atoms with Gasteiger partial charge < -0.3 is 4.90 Å². The molecule has 1 amide bonds. The predicted molar refractivity (Wildman–Crippen MR) is 83.5 cm³/mol. The van der Waals surface area contributed by atoms with Crippen molar-refractivity contribution in [1.29, 1.82) is 0 Å². The molecule has 7 heteroatoms. The van der Waals surface area contributed by atoms with Crippen molar-refractivity contribution < 1.29 is 13.2 Å². The maximum atomic E-state index is 12.6. The molecule has 0 aliphatic heterocycles. The van der Waals surface area contributed by atoms with Gasteiger partial charge in [0, 0.05) is 34.4 Å². The predicted octanol–water partition coefficient (Wildman–Crippen LogP) is 3.45. The van der Waals surface area contributed by atoms with E-state index in [2.05, 4.69) is 0 Å². The zero-order chi connectivity index (χ0) is 15.8. The lowest BCUT2D eigenvalue weighted by Gasteiger charge is -2.22. The Morgan fingerprint density at radius 2 is 2.00 bits per heavy atom. The summed E-state index contributed by atoms with van der Waals surface area (Å²) < 4.78 is 23.0. The number of benzene rings is 1. The molecule has 0 radical (unpaired) electrons. The molecule has 1 fully saturated rings. The van der Waals surface area contributed by atoms with E-state index >= 15 is 0 Å². The normalized spacial score (nSPS) is 15.0. The fourth-order valence-corrected chi connectivity index (χ4v) is 3.22.